The largest absolute Gasteiger partial charge is 0.198 e. The molecule has 0 aromatic heterocycles. The summed E-state index contributed by atoms with van der Waals surface area (Å²) in [7, 11) is 0. The number of benzene rings is 1. The molecule has 1 aromatic carbocycles. The van der Waals surface area contributed by atoms with Crippen LogP contribution < -0.4 is 0 Å². The van der Waals surface area contributed by atoms with Crippen LogP contribution in [0.15, 0.2) is 18.2 Å². The summed E-state index contributed by atoms with van der Waals surface area (Å²) in [5.41, 5.74) is 4.61. The van der Waals surface area contributed by atoms with E-state index in [9.17, 15) is 0 Å². The number of hydrogen-bond acceptors (Lipinski definition) is 1. The molecule has 1 saturated carbocycles. The Hall–Kier alpha value is -1.29. The summed E-state index contributed by atoms with van der Waals surface area (Å²) in [6.45, 7) is 2.23. The van der Waals surface area contributed by atoms with Crippen LogP contribution in [0.1, 0.15) is 42.9 Å². The second-order valence-electron chi connectivity index (χ2n) is 5.49. The van der Waals surface area contributed by atoms with E-state index in [4.69, 9.17) is 5.26 Å². The van der Waals surface area contributed by atoms with E-state index in [-0.39, 0.29) is 11.3 Å². The van der Waals surface area contributed by atoms with E-state index < -0.39 is 0 Å². The molecule has 0 bridgehead atoms. The van der Waals surface area contributed by atoms with Crippen LogP contribution in [0, 0.1) is 17.2 Å². The Bertz CT molecular complexity index is 469. The molecule has 1 aromatic rings. The van der Waals surface area contributed by atoms with E-state index in [2.05, 4.69) is 31.2 Å². The molecule has 1 fully saturated rings. The van der Waals surface area contributed by atoms with E-state index in [0.717, 1.165) is 6.42 Å². The molecule has 1 nitrogen and oxygen atoms in total. The van der Waals surface area contributed by atoms with Crippen molar-refractivity contribution < 1.29 is 0 Å². The Morgan fingerprint density at radius 3 is 2.69 bits per heavy atom. The van der Waals surface area contributed by atoms with Gasteiger partial charge >= 0.3 is 0 Å². The molecule has 2 aliphatic rings. The molecule has 0 amide bonds. The first-order valence-electron chi connectivity index (χ1n) is 6.26. The van der Waals surface area contributed by atoms with E-state index in [1.807, 2.05) is 0 Å². The molecule has 2 atom stereocenters. The second kappa shape index (κ2) is 3.35. The minimum Gasteiger partial charge on any atom is -0.198 e. The predicted octanol–water partition coefficient (Wildman–Crippen LogP) is 3.37. The van der Waals surface area contributed by atoms with E-state index in [1.165, 1.54) is 42.4 Å². The first-order valence-corrected chi connectivity index (χ1v) is 6.26. The van der Waals surface area contributed by atoms with Crippen molar-refractivity contribution in [2.24, 2.45) is 5.92 Å². The second-order valence-corrected chi connectivity index (χ2v) is 5.49. The highest BCUT2D eigenvalue weighted by Crippen LogP contribution is 2.53. The standard InChI is InChI=1S/C15H17N/c1-15(9-14(15)10-16)13-7-6-11-4-2-3-5-12(11)8-13/h6-8,14H,2-5,9H2,1H3. The summed E-state index contributed by atoms with van der Waals surface area (Å²) in [4.78, 5) is 0. The molecule has 0 N–H and O–H groups in total. The molecular formula is C15H17N. The first kappa shape index (κ1) is 9.90. The Morgan fingerprint density at radius 2 is 2.00 bits per heavy atom. The van der Waals surface area contributed by atoms with Crippen LogP contribution in [-0.2, 0) is 18.3 Å². The molecule has 16 heavy (non-hydrogen) atoms. The Morgan fingerprint density at radius 1 is 1.25 bits per heavy atom. The van der Waals surface area contributed by atoms with Crippen molar-refractivity contribution in [3.05, 3.63) is 34.9 Å². The maximum atomic E-state index is 8.99. The summed E-state index contributed by atoms with van der Waals surface area (Å²) >= 11 is 0. The van der Waals surface area contributed by atoms with Crippen molar-refractivity contribution in [1.82, 2.24) is 0 Å². The molecule has 0 saturated heterocycles. The van der Waals surface area contributed by atoms with Crippen molar-refractivity contribution in [3.63, 3.8) is 0 Å². The Balaban J connectivity index is 1.96. The zero-order chi connectivity index (χ0) is 11.2. The van der Waals surface area contributed by atoms with Crippen LogP contribution in [0.5, 0.6) is 0 Å². The minimum atomic E-state index is 0.154. The number of hydrogen-bond donors (Lipinski definition) is 0. The van der Waals surface area contributed by atoms with E-state index in [0.29, 0.717) is 0 Å². The fraction of sp³-hybridized carbons (Fsp3) is 0.533. The molecule has 1 heteroatoms. The maximum Gasteiger partial charge on any atom is 0.0665 e. The third-order valence-electron chi connectivity index (χ3n) is 4.40. The number of nitriles is 1. The Labute approximate surface area is 97.1 Å². The van der Waals surface area contributed by atoms with Gasteiger partial charge in [0.2, 0.25) is 0 Å². The van der Waals surface area contributed by atoms with Gasteiger partial charge < -0.3 is 0 Å². The number of rotatable bonds is 1. The highest BCUT2D eigenvalue weighted by molar-refractivity contribution is 5.42. The molecule has 82 valence electrons. The highest BCUT2D eigenvalue weighted by atomic mass is 14.5. The molecule has 0 spiro atoms. The lowest BCUT2D eigenvalue weighted by molar-refractivity contribution is 0.676. The van der Waals surface area contributed by atoms with Crippen LogP contribution in [0.2, 0.25) is 0 Å². The normalized spacial score (nSPS) is 31.6. The third kappa shape index (κ3) is 1.37. The van der Waals surface area contributed by atoms with Crippen molar-refractivity contribution in [1.29, 1.82) is 5.26 Å². The van der Waals surface area contributed by atoms with Gasteiger partial charge in [0.05, 0.1) is 12.0 Å². The van der Waals surface area contributed by atoms with Crippen LogP contribution in [0.4, 0.5) is 0 Å². The zero-order valence-corrected chi connectivity index (χ0v) is 9.79. The average Bonchev–Trinajstić information content (AvgIpc) is 3.01. The molecule has 0 radical (unpaired) electrons. The molecule has 0 heterocycles. The number of nitrogens with zero attached hydrogens (tertiary/aromatic N) is 1. The molecular weight excluding hydrogens is 194 g/mol. The molecule has 2 aliphatic carbocycles. The highest BCUT2D eigenvalue weighted by Gasteiger charge is 2.51. The molecule has 3 rings (SSSR count). The van der Waals surface area contributed by atoms with Gasteiger partial charge in [-0.2, -0.15) is 5.26 Å². The Kier molecular flexibility index (Phi) is 2.07. The maximum absolute atomic E-state index is 8.99. The van der Waals surface area contributed by atoms with Gasteiger partial charge in [-0.1, -0.05) is 25.1 Å². The fourth-order valence-electron chi connectivity index (χ4n) is 2.96. The lowest BCUT2D eigenvalue weighted by Crippen LogP contribution is -2.08. The van der Waals surface area contributed by atoms with Crippen molar-refractivity contribution in [2.75, 3.05) is 0 Å². The van der Waals surface area contributed by atoms with Crippen molar-refractivity contribution >= 4 is 0 Å². The lowest BCUT2D eigenvalue weighted by Gasteiger charge is -2.19. The average molecular weight is 211 g/mol. The van der Waals surface area contributed by atoms with Crippen molar-refractivity contribution in [3.8, 4) is 6.07 Å². The summed E-state index contributed by atoms with van der Waals surface area (Å²) in [5, 5.41) is 8.99. The quantitative estimate of drug-likeness (QED) is 0.698. The first-order chi connectivity index (χ1) is 7.74. The number of aryl methyl sites for hydroxylation is 2. The SMILES string of the molecule is CC1(c2ccc3c(c2)CCCC3)CC1C#N. The third-order valence-corrected chi connectivity index (χ3v) is 4.40. The van der Waals surface area contributed by atoms with Gasteiger partial charge in [-0.3, -0.25) is 0 Å². The minimum absolute atomic E-state index is 0.154. The van der Waals surface area contributed by atoms with Gasteiger partial charge in [-0.25, -0.2) is 0 Å². The zero-order valence-electron chi connectivity index (χ0n) is 9.79. The van der Waals surface area contributed by atoms with Crippen LogP contribution in [0.3, 0.4) is 0 Å². The summed E-state index contributed by atoms with van der Waals surface area (Å²) < 4.78 is 0. The monoisotopic (exact) mass is 211 g/mol. The van der Waals surface area contributed by atoms with Crippen LogP contribution >= 0.6 is 0 Å². The van der Waals surface area contributed by atoms with Gasteiger partial charge in [-0.05, 0) is 48.8 Å². The van der Waals surface area contributed by atoms with Crippen LogP contribution in [0.25, 0.3) is 0 Å². The van der Waals surface area contributed by atoms with Gasteiger partial charge in [0.15, 0.2) is 0 Å². The van der Waals surface area contributed by atoms with Gasteiger partial charge in [-0.15, -0.1) is 0 Å². The van der Waals surface area contributed by atoms with E-state index >= 15 is 0 Å². The van der Waals surface area contributed by atoms with Crippen molar-refractivity contribution in [2.45, 2.75) is 44.4 Å². The summed E-state index contributed by atoms with van der Waals surface area (Å²) in [6, 6.07) is 9.32. The molecule has 2 unspecified atom stereocenters. The topological polar surface area (TPSA) is 23.8 Å². The fourth-order valence-corrected chi connectivity index (χ4v) is 2.96. The number of fused-ring (bicyclic) bond motifs is 1. The predicted molar refractivity (Wildman–Crippen MR) is 64.2 cm³/mol. The smallest absolute Gasteiger partial charge is 0.0665 e. The van der Waals surface area contributed by atoms with E-state index in [1.54, 1.807) is 0 Å². The van der Waals surface area contributed by atoms with Crippen LogP contribution in [-0.4, -0.2) is 0 Å². The molecule has 0 aliphatic heterocycles. The van der Waals surface area contributed by atoms with Gasteiger partial charge in [0.25, 0.3) is 0 Å². The summed E-state index contributed by atoms with van der Waals surface area (Å²) in [6.07, 6.45) is 6.19. The lowest BCUT2D eigenvalue weighted by atomic mass is 9.86. The summed E-state index contributed by atoms with van der Waals surface area (Å²) in [5.74, 6) is 0.245. The van der Waals surface area contributed by atoms with Gasteiger partial charge in [0.1, 0.15) is 0 Å². The van der Waals surface area contributed by atoms with Gasteiger partial charge in [0, 0.05) is 5.41 Å².